The van der Waals surface area contributed by atoms with Crippen LogP contribution in [0.2, 0.25) is 5.02 Å². The van der Waals surface area contributed by atoms with Gasteiger partial charge in [-0.05, 0) is 48.2 Å². The lowest BCUT2D eigenvalue weighted by molar-refractivity contribution is -0.228. The number of hydrogen-bond acceptors (Lipinski definition) is 7. The molecule has 5 atom stereocenters. The number of aliphatic hydroxyl groups excluding tert-OH is 3. The van der Waals surface area contributed by atoms with Crippen LogP contribution in [0.4, 0.5) is 0 Å². The highest BCUT2D eigenvalue weighted by molar-refractivity contribution is 6.31. The second-order valence-corrected chi connectivity index (χ2v) is 9.63. The first-order chi connectivity index (χ1) is 16.8. The standard InChI is InChI=1S/C26H33ClN2O6/c1-3-34-19-7-4-16(5-8-19)12-18-13-17(6-9-20(18)27)26-25(33)24(32)23(31)21(35-26)14-29-11-10-28(2)22(30)15-29/h4-9,13,21,23-26,31-33H,3,10-12,14-15H2,1-2H3/t21-,23-,24+,25-,26+/m1/s1. The summed E-state index contributed by atoms with van der Waals surface area (Å²) in [6.45, 7) is 4.26. The lowest BCUT2D eigenvalue weighted by atomic mass is 9.89. The number of amides is 1. The lowest BCUT2D eigenvalue weighted by Gasteiger charge is -2.43. The smallest absolute Gasteiger partial charge is 0.236 e. The fourth-order valence-corrected chi connectivity index (χ4v) is 4.78. The van der Waals surface area contributed by atoms with E-state index in [0.29, 0.717) is 36.7 Å². The van der Waals surface area contributed by atoms with Crippen molar-refractivity contribution >= 4 is 17.5 Å². The van der Waals surface area contributed by atoms with Gasteiger partial charge >= 0.3 is 0 Å². The molecule has 4 rings (SSSR count). The number of rotatable bonds is 7. The van der Waals surface area contributed by atoms with Crippen LogP contribution in [0.3, 0.4) is 0 Å². The van der Waals surface area contributed by atoms with Gasteiger partial charge in [0.05, 0.1) is 19.3 Å². The zero-order valence-electron chi connectivity index (χ0n) is 20.0. The van der Waals surface area contributed by atoms with Crippen LogP contribution in [0, 0.1) is 0 Å². The van der Waals surface area contributed by atoms with Crippen LogP contribution in [-0.2, 0) is 16.0 Å². The maximum absolute atomic E-state index is 12.1. The topological polar surface area (TPSA) is 103 Å². The quantitative estimate of drug-likeness (QED) is 0.526. The normalized spacial score (nSPS) is 27.8. The number of hydrogen-bond donors (Lipinski definition) is 3. The molecule has 0 bridgehead atoms. The Hall–Kier alpha value is -2.20. The summed E-state index contributed by atoms with van der Waals surface area (Å²) < 4.78 is 11.6. The molecule has 2 aromatic carbocycles. The first-order valence-corrected chi connectivity index (χ1v) is 12.3. The van der Waals surface area contributed by atoms with E-state index in [9.17, 15) is 20.1 Å². The molecule has 0 aromatic heterocycles. The number of aliphatic hydroxyl groups is 3. The van der Waals surface area contributed by atoms with E-state index in [1.54, 1.807) is 24.1 Å². The first-order valence-electron chi connectivity index (χ1n) is 11.9. The molecule has 2 fully saturated rings. The zero-order valence-corrected chi connectivity index (χ0v) is 20.8. The number of carbonyl (C=O) groups is 1. The van der Waals surface area contributed by atoms with Gasteiger partial charge in [0.1, 0.15) is 30.2 Å². The SMILES string of the molecule is CCOc1ccc(Cc2cc([C@@H]3O[C@H](CN4CCN(C)C(=O)C4)[C@@H](O)[C@H](O)[C@H]3O)ccc2Cl)cc1. The summed E-state index contributed by atoms with van der Waals surface area (Å²) in [5, 5.41) is 32.5. The minimum atomic E-state index is -1.38. The van der Waals surface area contributed by atoms with Crippen molar-refractivity contribution in [2.24, 2.45) is 0 Å². The molecule has 2 saturated heterocycles. The van der Waals surface area contributed by atoms with E-state index in [1.165, 1.54) is 0 Å². The van der Waals surface area contributed by atoms with Crippen molar-refractivity contribution in [3.8, 4) is 5.75 Å². The molecule has 2 aliphatic heterocycles. The molecule has 0 unspecified atom stereocenters. The van der Waals surface area contributed by atoms with Crippen molar-refractivity contribution in [1.29, 1.82) is 0 Å². The molecule has 1 amide bonds. The minimum Gasteiger partial charge on any atom is -0.494 e. The molecule has 2 aliphatic rings. The van der Waals surface area contributed by atoms with Gasteiger partial charge in [-0.3, -0.25) is 9.69 Å². The average Bonchev–Trinajstić information content (AvgIpc) is 2.84. The summed E-state index contributed by atoms with van der Waals surface area (Å²) in [4.78, 5) is 15.6. The van der Waals surface area contributed by atoms with Crippen LogP contribution in [-0.4, -0.2) is 95.3 Å². The molecule has 8 nitrogen and oxygen atoms in total. The van der Waals surface area contributed by atoms with Crippen LogP contribution in [0.25, 0.3) is 0 Å². The van der Waals surface area contributed by atoms with Gasteiger partial charge in [-0.1, -0.05) is 35.9 Å². The molecular weight excluding hydrogens is 472 g/mol. The molecule has 35 heavy (non-hydrogen) atoms. The van der Waals surface area contributed by atoms with Crippen molar-refractivity contribution in [1.82, 2.24) is 9.80 Å². The number of piperazine rings is 1. The summed E-state index contributed by atoms with van der Waals surface area (Å²) in [6, 6.07) is 13.2. The number of benzene rings is 2. The number of nitrogens with zero attached hydrogens (tertiary/aromatic N) is 2. The largest absolute Gasteiger partial charge is 0.494 e. The van der Waals surface area contributed by atoms with Gasteiger partial charge in [-0.2, -0.15) is 0 Å². The highest BCUT2D eigenvalue weighted by Crippen LogP contribution is 2.35. The third kappa shape index (κ3) is 5.97. The Morgan fingerprint density at radius 3 is 2.49 bits per heavy atom. The Morgan fingerprint density at radius 1 is 1.06 bits per heavy atom. The Balaban J connectivity index is 1.50. The van der Waals surface area contributed by atoms with Crippen molar-refractivity contribution in [2.45, 2.75) is 43.9 Å². The molecule has 190 valence electrons. The minimum absolute atomic E-state index is 0.00434. The summed E-state index contributed by atoms with van der Waals surface area (Å²) in [6.07, 6.45) is -5.01. The number of halogens is 1. The van der Waals surface area contributed by atoms with Crippen molar-refractivity contribution in [3.63, 3.8) is 0 Å². The molecule has 3 N–H and O–H groups in total. The highest BCUT2D eigenvalue weighted by Gasteiger charge is 2.45. The van der Waals surface area contributed by atoms with Crippen LogP contribution in [0.1, 0.15) is 29.7 Å². The van der Waals surface area contributed by atoms with Crippen molar-refractivity contribution in [3.05, 3.63) is 64.2 Å². The van der Waals surface area contributed by atoms with Gasteiger partial charge < -0.3 is 29.7 Å². The van der Waals surface area contributed by atoms with Gasteiger partial charge in [0.25, 0.3) is 0 Å². The number of carbonyl (C=O) groups excluding carboxylic acids is 1. The van der Waals surface area contributed by atoms with E-state index in [2.05, 4.69) is 0 Å². The Kier molecular flexibility index (Phi) is 8.31. The third-order valence-corrected chi connectivity index (χ3v) is 7.08. The van der Waals surface area contributed by atoms with Gasteiger partial charge in [0.2, 0.25) is 5.91 Å². The lowest BCUT2D eigenvalue weighted by Crippen LogP contribution is -2.59. The predicted octanol–water partition coefficient (Wildman–Crippen LogP) is 1.63. The zero-order chi connectivity index (χ0) is 25.1. The first kappa shape index (κ1) is 25.9. The Labute approximate surface area is 210 Å². The molecule has 0 spiro atoms. The molecule has 2 heterocycles. The molecular formula is C26H33ClN2O6. The maximum atomic E-state index is 12.1. The summed E-state index contributed by atoms with van der Waals surface area (Å²) in [5.74, 6) is 0.797. The summed E-state index contributed by atoms with van der Waals surface area (Å²) in [7, 11) is 1.76. The van der Waals surface area contributed by atoms with Crippen molar-refractivity contribution in [2.75, 3.05) is 39.8 Å². The molecule has 0 radical (unpaired) electrons. The third-order valence-electron chi connectivity index (χ3n) is 6.71. The second-order valence-electron chi connectivity index (χ2n) is 9.22. The van der Waals surface area contributed by atoms with E-state index in [0.717, 1.165) is 16.9 Å². The van der Waals surface area contributed by atoms with E-state index in [1.807, 2.05) is 42.2 Å². The fourth-order valence-electron chi connectivity index (χ4n) is 4.59. The van der Waals surface area contributed by atoms with Crippen molar-refractivity contribution < 1.29 is 29.6 Å². The van der Waals surface area contributed by atoms with Crippen LogP contribution in [0.15, 0.2) is 42.5 Å². The summed E-state index contributed by atoms with van der Waals surface area (Å²) >= 11 is 6.48. The van der Waals surface area contributed by atoms with E-state index in [4.69, 9.17) is 21.1 Å². The average molecular weight is 505 g/mol. The van der Waals surface area contributed by atoms with Crippen LogP contribution < -0.4 is 4.74 Å². The van der Waals surface area contributed by atoms with E-state index in [-0.39, 0.29) is 19.0 Å². The Morgan fingerprint density at radius 2 is 1.80 bits per heavy atom. The summed E-state index contributed by atoms with van der Waals surface area (Å²) in [5.41, 5.74) is 2.56. The predicted molar refractivity (Wildman–Crippen MR) is 132 cm³/mol. The molecule has 0 aliphatic carbocycles. The van der Waals surface area contributed by atoms with Crippen LogP contribution in [0.5, 0.6) is 5.75 Å². The highest BCUT2D eigenvalue weighted by atomic mass is 35.5. The van der Waals surface area contributed by atoms with Crippen LogP contribution >= 0.6 is 11.6 Å². The second kappa shape index (κ2) is 11.2. The number of likely N-dealkylation sites (N-methyl/N-ethyl adjacent to an activating group) is 1. The molecule has 2 aromatic rings. The maximum Gasteiger partial charge on any atom is 0.236 e. The van der Waals surface area contributed by atoms with Gasteiger partial charge in [0.15, 0.2) is 0 Å². The monoisotopic (exact) mass is 504 g/mol. The van der Waals surface area contributed by atoms with Gasteiger partial charge in [-0.25, -0.2) is 0 Å². The fraction of sp³-hybridized carbons (Fsp3) is 0.500. The van der Waals surface area contributed by atoms with E-state index >= 15 is 0 Å². The van der Waals surface area contributed by atoms with Gasteiger partial charge in [-0.15, -0.1) is 0 Å². The Bertz CT molecular complexity index is 1020. The molecule has 0 saturated carbocycles. The molecule has 9 heteroatoms. The van der Waals surface area contributed by atoms with E-state index < -0.39 is 30.5 Å². The van der Waals surface area contributed by atoms with Gasteiger partial charge in [0, 0.05) is 31.7 Å². The number of ether oxygens (including phenoxy) is 2.